The number of nitriles is 1. The van der Waals surface area contributed by atoms with E-state index in [2.05, 4.69) is 26.8 Å². The molecule has 2 unspecified atom stereocenters. The number of nitrogens with zero attached hydrogens (tertiary/aromatic N) is 1. The Bertz CT molecular complexity index is 290. The van der Waals surface area contributed by atoms with Gasteiger partial charge in [0.05, 0.1) is 12.7 Å². The molecule has 3 heteroatoms. The van der Waals surface area contributed by atoms with Gasteiger partial charge in [-0.15, -0.1) is 0 Å². The fourth-order valence-electron chi connectivity index (χ4n) is 2.80. The Morgan fingerprint density at radius 2 is 2.06 bits per heavy atom. The number of hydrogen-bond donors (Lipinski definition) is 1. The van der Waals surface area contributed by atoms with Crippen molar-refractivity contribution in [1.82, 2.24) is 0 Å². The predicted octanol–water partition coefficient (Wildman–Crippen LogP) is 3.27. The summed E-state index contributed by atoms with van der Waals surface area (Å²) in [6.45, 7) is 7.47. The average molecular weight is 253 g/mol. The number of aliphatic hydroxyl groups excluding tert-OH is 1. The lowest BCUT2D eigenvalue weighted by atomic mass is 9.76. The molecule has 0 aromatic heterocycles. The molecule has 1 N–H and O–H groups in total. The molecular formula is C15H27NO2. The Labute approximate surface area is 111 Å². The molecule has 3 nitrogen and oxygen atoms in total. The van der Waals surface area contributed by atoms with Crippen LogP contribution in [0, 0.1) is 22.7 Å². The standard InChI is InChI=1S/C15H27NO2/c1-14(2,3)13-6-4-8-15(12-16,9-7-13)18-11-5-10-17/h13,17H,4-11H2,1-3H3. The van der Waals surface area contributed by atoms with E-state index in [4.69, 9.17) is 9.84 Å². The predicted molar refractivity (Wildman–Crippen MR) is 72.0 cm³/mol. The van der Waals surface area contributed by atoms with Crippen LogP contribution < -0.4 is 0 Å². The van der Waals surface area contributed by atoms with Crippen LogP contribution >= 0.6 is 0 Å². The molecular weight excluding hydrogens is 226 g/mol. The molecule has 18 heavy (non-hydrogen) atoms. The summed E-state index contributed by atoms with van der Waals surface area (Å²) < 4.78 is 5.78. The third-order valence-corrected chi connectivity index (χ3v) is 4.14. The highest BCUT2D eigenvalue weighted by atomic mass is 16.5. The number of hydrogen-bond acceptors (Lipinski definition) is 3. The fraction of sp³-hybridized carbons (Fsp3) is 0.933. The van der Waals surface area contributed by atoms with Crippen molar-refractivity contribution in [2.24, 2.45) is 11.3 Å². The summed E-state index contributed by atoms with van der Waals surface area (Å²) in [7, 11) is 0. The van der Waals surface area contributed by atoms with Crippen LogP contribution in [0.4, 0.5) is 0 Å². The second-order valence-electron chi connectivity index (χ2n) is 6.53. The van der Waals surface area contributed by atoms with Gasteiger partial charge in [0.15, 0.2) is 5.60 Å². The molecule has 1 rings (SSSR count). The van der Waals surface area contributed by atoms with Crippen molar-refractivity contribution >= 4 is 0 Å². The van der Waals surface area contributed by atoms with Gasteiger partial charge in [-0.3, -0.25) is 0 Å². The Kier molecular flexibility index (Phi) is 5.62. The molecule has 0 amide bonds. The summed E-state index contributed by atoms with van der Waals surface area (Å²) in [5.74, 6) is 0.675. The fourth-order valence-corrected chi connectivity index (χ4v) is 2.80. The molecule has 0 aromatic rings. The molecule has 1 aliphatic rings. The smallest absolute Gasteiger partial charge is 0.154 e. The summed E-state index contributed by atoms with van der Waals surface area (Å²) in [6.07, 6.45) is 5.60. The Balaban J connectivity index is 2.60. The van der Waals surface area contributed by atoms with Crippen LogP contribution in [0.15, 0.2) is 0 Å². The van der Waals surface area contributed by atoms with E-state index in [9.17, 15) is 5.26 Å². The zero-order valence-electron chi connectivity index (χ0n) is 12.0. The minimum Gasteiger partial charge on any atom is -0.396 e. The van der Waals surface area contributed by atoms with Crippen molar-refractivity contribution < 1.29 is 9.84 Å². The minimum atomic E-state index is -0.602. The van der Waals surface area contributed by atoms with Crippen LogP contribution in [-0.4, -0.2) is 23.9 Å². The van der Waals surface area contributed by atoms with Gasteiger partial charge >= 0.3 is 0 Å². The van der Waals surface area contributed by atoms with Crippen molar-refractivity contribution in [2.45, 2.75) is 64.9 Å². The molecule has 2 atom stereocenters. The SMILES string of the molecule is CC(C)(C)C1CCCC(C#N)(OCCCO)CC1. The molecule has 104 valence electrons. The van der Waals surface area contributed by atoms with Gasteiger partial charge in [0.2, 0.25) is 0 Å². The lowest BCUT2D eigenvalue weighted by molar-refractivity contribution is -0.0198. The molecule has 0 aliphatic heterocycles. The first-order chi connectivity index (χ1) is 8.43. The van der Waals surface area contributed by atoms with E-state index in [1.165, 1.54) is 6.42 Å². The summed E-state index contributed by atoms with van der Waals surface area (Å²) in [4.78, 5) is 0. The first kappa shape index (κ1) is 15.5. The lowest BCUT2D eigenvalue weighted by Gasteiger charge is -2.30. The molecule has 1 aliphatic carbocycles. The van der Waals surface area contributed by atoms with E-state index in [0.29, 0.717) is 24.4 Å². The summed E-state index contributed by atoms with van der Waals surface area (Å²) in [5, 5.41) is 18.2. The average Bonchev–Trinajstić information content (AvgIpc) is 2.52. The molecule has 0 saturated heterocycles. The quantitative estimate of drug-likeness (QED) is 0.618. The highest BCUT2D eigenvalue weighted by Gasteiger charge is 2.37. The van der Waals surface area contributed by atoms with Crippen molar-refractivity contribution in [1.29, 1.82) is 5.26 Å². The van der Waals surface area contributed by atoms with Gasteiger partial charge < -0.3 is 9.84 Å². The largest absolute Gasteiger partial charge is 0.396 e. The Morgan fingerprint density at radius 3 is 2.61 bits per heavy atom. The first-order valence-electron chi connectivity index (χ1n) is 7.09. The van der Waals surface area contributed by atoms with Gasteiger partial charge in [0.1, 0.15) is 0 Å². The summed E-state index contributed by atoms with van der Waals surface area (Å²) >= 11 is 0. The molecule has 0 spiro atoms. The van der Waals surface area contributed by atoms with Gasteiger partial charge in [-0.05, 0) is 49.9 Å². The van der Waals surface area contributed by atoms with Crippen molar-refractivity contribution in [3.63, 3.8) is 0 Å². The van der Waals surface area contributed by atoms with Crippen molar-refractivity contribution in [3.05, 3.63) is 0 Å². The maximum Gasteiger partial charge on any atom is 0.154 e. The van der Waals surface area contributed by atoms with E-state index in [0.717, 1.165) is 25.7 Å². The van der Waals surface area contributed by atoms with Gasteiger partial charge in [0, 0.05) is 6.61 Å². The maximum atomic E-state index is 9.42. The first-order valence-corrected chi connectivity index (χ1v) is 7.09. The van der Waals surface area contributed by atoms with Crippen LogP contribution in [0.3, 0.4) is 0 Å². The Hall–Kier alpha value is -0.590. The van der Waals surface area contributed by atoms with Gasteiger partial charge in [-0.25, -0.2) is 0 Å². The normalized spacial score (nSPS) is 29.6. The van der Waals surface area contributed by atoms with Gasteiger partial charge in [0.25, 0.3) is 0 Å². The van der Waals surface area contributed by atoms with E-state index >= 15 is 0 Å². The minimum absolute atomic E-state index is 0.131. The van der Waals surface area contributed by atoms with Crippen LogP contribution in [0.1, 0.15) is 59.3 Å². The maximum absolute atomic E-state index is 9.42. The second-order valence-corrected chi connectivity index (χ2v) is 6.53. The van der Waals surface area contributed by atoms with Crippen LogP contribution in [0.2, 0.25) is 0 Å². The number of rotatable bonds is 4. The van der Waals surface area contributed by atoms with E-state index < -0.39 is 5.60 Å². The zero-order valence-corrected chi connectivity index (χ0v) is 12.0. The second kappa shape index (κ2) is 6.54. The number of aliphatic hydroxyl groups is 1. The van der Waals surface area contributed by atoms with Gasteiger partial charge in [-0.1, -0.05) is 20.8 Å². The highest BCUT2D eigenvalue weighted by Crippen LogP contribution is 2.40. The topological polar surface area (TPSA) is 53.2 Å². The van der Waals surface area contributed by atoms with Crippen molar-refractivity contribution in [2.75, 3.05) is 13.2 Å². The Morgan fingerprint density at radius 1 is 1.33 bits per heavy atom. The van der Waals surface area contributed by atoms with Crippen LogP contribution in [0.25, 0.3) is 0 Å². The van der Waals surface area contributed by atoms with E-state index in [1.807, 2.05) is 0 Å². The lowest BCUT2D eigenvalue weighted by Crippen LogP contribution is -2.31. The van der Waals surface area contributed by atoms with Crippen LogP contribution in [-0.2, 0) is 4.74 Å². The monoisotopic (exact) mass is 253 g/mol. The molecule has 0 heterocycles. The third kappa shape index (κ3) is 4.26. The summed E-state index contributed by atoms with van der Waals surface area (Å²) in [5.41, 5.74) is -0.286. The molecule has 1 saturated carbocycles. The molecule has 0 radical (unpaired) electrons. The van der Waals surface area contributed by atoms with Crippen molar-refractivity contribution in [3.8, 4) is 6.07 Å². The molecule has 0 aromatic carbocycles. The van der Waals surface area contributed by atoms with Crippen LogP contribution in [0.5, 0.6) is 0 Å². The third-order valence-electron chi connectivity index (χ3n) is 4.14. The van der Waals surface area contributed by atoms with E-state index in [-0.39, 0.29) is 6.61 Å². The zero-order chi connectivity index (χ0) is 13.6. The summed E-state index contributed by atoms with van der Waals surface area (Å²) in [6, 6.07) is 2.38. The van der Waals surface area contributed by atoms with E-state index in [1.54, 1.807) is 0 Å². The number of ether oxygens (including phenoxy) is 1. The van der Waals surface area contributed by atoms with Gasteiger partial charge in [-0.2, -0.15) is 5.26 Å². The molecule has 0 bridgehead atoms. The molecule has 1 fully saturated rings. The highest BCUT2D eigenvalue weighted by molar-refractivity contribution is 5.03.